The fraction of sp³-hybridized carbons (Fsp3) is 0.417. The van der Waals surface area contributed by atoms with Crippen LogP contribution in [0.1, 0.15) is 18.3 Å². The molecule has 2 aromatic rings. The van der Waals surface area contributed by atoms with Crippen LogP contribution in [-0.2, 0) is 24.4 Å². The highest BCUT2D eigenvalue weighted by Gasteiger charge is 2.17. The minimum atomic E-state index is -0.531. The lowest BCUT2D eigenvalue weighted by Gasteiger charge is -2.07. The zero-order valence-corrected chi connectivity index (χ0v) is 12.9. The van der Waals surface area contributed by atoms with E-state index in [0.29, 0.717) is 17.3 Å². The van der Waals surface area contributed by atoms with Crippen LogP contribution in [0.15, 0.2) is 12.4 Å². The van der Waals surface area contributed by atoms with Crippen LogP contribution in [-0.4, -0.2) is 30.4 Å². The normalized spacial score (nSPS) is 10.7. The van der Waals surface area contributed by atoms with Gasteiger partial charge in [0.25, 0.3) is 0 Å². The number of nitrogens with one attached hydrogen (secondary N) is 1. The zero-order valence-electron chi connectivity index (χ0n) is 12.1. The molecule has 1 amide bonds. The molecule has 0 saturated heterocycles. The summed E-state index contributed by atoms with van der Waals surface area (Å²) in [6.07, 6.45) is 2.75. The van der Waals surface area contributed by atoms with Crippen molar-refractivity contribution in [2.24, 2.45) is 0 Å². The predicted octanol–water partition coefficient (Wildman–Crippen LogP) is 1.29. The third-order valence-corrected chi connectivity index (χ3v) is 3.39. The number of nitro groups is 1. The van der Waals surface area contributed by atoms with Crippen molar-refractivity contribution in [2.75, 3.05) is 0 Å². The number of hydrogen-bond acceptors (Lipinski definition) is 5. The summed E-state index contributed by atoms with van der Waals surface area (Å²) in [6, 6.07) is 0. The first-order chi connectivity index (χ1) is 10.4. The highest BCUT2D eigenvalue weighted by molar-refractivity contribution is 6.31. The van der Waals surface area contributed by atoms with Crippen LogP contribution in [0.3, 0.4) is 0 Å². The molecule has 0 unspecified atom stereocenters. The highest BCUT2D eigenvalue weighted by atomic mass is 35.5. The Balaban J connectivity index is 1.97. The third kappa shape index (κ3) is 3.42. The summed E-state index contributed by atoms with van der Waals surface area (Å²) in [7, 11) is 0. The van der Waals surface area contributed by atoms with Gasteiger partial charge >= 0.3 is 5.69 Å². The van der Waals surface area contributed by atoms with Crippen LogP contribution in [0, 0.1) is 17.0 Å². The zero-order chi connectivity index (χ0) is 16.3. The molecule has 0 aliphatic carbocycles. The van der Waals surface area contributed by atoms with Gasteiger partial charge in [-0.3, -0.25) is 24.3 Å². The first-order valence-electron chi connectivity index (χ1n) is 6.57. The highest BCUT2D eigenvalue weighted by Crippen LogP contribution is 2.16. The second kappa shape index (κ2) is 6.56. The lowest BCUT2D eigenvalue weighted by atomic mass is 10.4. The Morgan fingerprint density at radius 1 is 1.55 bits per heavy atom. The molecule has 0 radical (unpaired) electrons. The van der Waals surface area contributed by atoms with Gasteiger partial charge in [-0.15, -0.1) is 0 Å². The third-order valence-electron chi connectivity index (χ3n) is 3.07. The molecule has 22 heavy (non-hydrogen) atoms. The molecule has 0 saturated carbocycles. The summed E-state index contributed by atoms with van der Waals surface area (Å²) in [5, 5.41) is 21.9. The van der Waals surface area contributed by atoms with Crippen molar-refractivity contribution >= 4 is 23.2 Å². The van der Waals surface area contributed by atoms with E-state index < -0.39 is 4.92 Å². The van der Waals surface area contributed by atoms with E-state index in [2.05, 4.69) is 15.5 Å². The number of carbonyl (C=O) groups excluding carboxylic acids is 1. The molecule has 118 valence electrons. The fourth-order valence-electron chi connectivity index (χ4n) is 1.99. The molecule has 0 fully saturated rings. The summed E-state index contributed by atoms with van der Waals surface area (Å²) >= 11 is 6.00. The molecule has 1 N–H and O–H groups in total. The predicted molar refractivity (Wildman–Crippen MR) is 78.4 cm³/mol. The molecule has 0 spiro atoms. The monoisotopic (exact) mass is 326 g/mol. The van der Waals surface area contributed by atoms with E-state index in [1.54, 1.807) is 4.68 Å². The van der Waals surface area contributed by atoms with E-state index in [1.165, 1.54) is 24.0 Å². The van der Waals surface area contributed by atoms with E-state index >= 15 is 0 Å². The van der Waals surface area contributed by atoms with Crippen molar-refractivity contribution < 1.29 is 9.72 Å². The minimum absolute atomic E-state index is 0.105. The number of amides is 1. The van der Waals surface area contributed by atoms with Gasteiger partial charge in [0.15, 0.2) is 0 Å². The van der Waals surface area contributed by atoms with Crippen molar-refractivity contribution in [1.82, 2.24) is 24.9 Å². The average molecular weight is 327 g/mol. The Morgan fingerprint density at radius 2 is 2.27 bits per heavy atom. The Hall–Kier alpha value is -2.42. The molecular weight excluding hydrogens is 312 g/mol. The molecule has 2 aromatic heterocycles. The number of hydrogen-bond donors (Lipinski definition) is 1. The molecule has 10 heteroatoms. The van der Waals surface area contributed by atoms with E-state index in [9.17, 15) is 14.9 Å². The standard InChI is InChI=1S/C12H15ClN6O3/c1-3-18-10(9(13)4-15-18)5-14-12(20)7-17-6-11(19(21)22)8(2)16-17/h4,6H,3,5,7H2,1-2H3,(H,14,20). The van der Waals surface area contributed by atoms with Gasteiger partial charge in [0.2, 0.25) is 5.91 Å². The number of aromatic nitrogens is 4. The van der Waals surface area contributed by atoms with Gasteiger partial charge in [0, 0.05) is 6.54 Å². The van der Waals surface area contributed by atoms with E-state index in [0.717, 1.165) is 0 Å². The van der Waals surface area contributed by atoms with Gasteiger partial charge in [0.1, 0.15) is 18.4 Å². The Labute approximate surface area is 131 Å². The van der Waals surface area contributed by atoms with Crippen LogP contribution >= 0.6 is 11.6 Å². The molecule has 9 nitrogen and oxygen atoms in total. The summed E-state index contributed by atoms with van der Waals surface area (Å²) in [5.41, 5.74) is 0.866. The van der Waals surface area contributed by atoms with E-state index in [-0.39, 0.29) is 30.4 Å². The maximum absolute atomic E-state index is 11.9. The van der Waals surface area contributed by atoms with E-state index in [1.807, 2.05) is 6.92 Å². The van der Waals surface area contributed by atoms with Crippen LogP contribution in [0.2, 0.25) is 5.02 Å². The second-order valence-corrected chi connectivity index (χ2v) is 4.99. The average Bonchev–Trinajstić information content (AvgIpc) is 2.99. The summed E-state index contributed by atoms with van der Waals surface area (Å²) in [4.78, 5) is 22.1. The minimum Gasteiger partial charge on any atom is -0.349 e. The van der Waals surface area contributed by atoms with Gasteiger partial charge < -0.3 is 5.32 Å². The Kier molecular flexibility index (Phi) is 4.76. The molecule has 0 atom stereocenters. The van der Waals surface area contributed by atoms with Gasteiger partial charge in [0.05, 0.1) is 28.4 Å². The lowest BCUT2D eigenvalue weighted by Crippen LogP contribution is -2.28. The number of aryl methyl sites for hydroxylation is 2. The molecule has 0 aromatic carbocycles. The smallest absolute Gasteiger partial charge is 0.309 e. The van der Waals surface area contributed by atoms with Crippen molar-refractivity contribution in [3.05, 3.63) is 38.9 Å². The van der Waals surface area contributed by atoms with Crippen molar-refractivity contribution in [3.63, 3.8) is 0 Å². The van der Waals surface area contributed by atoms with Gasteiger partial charge in [-0.25, -0.2) is 0 Å². The van der Waals surface area contributed by atoms with Crippen molar-refractivity contribution in [2.45, 2.75) is 33.5 Å². The van der Waals surface area contributed by atoms with Crippen molar-refractivity contribution in [1.29, 1.82) is 0 Å². The molecular formula is C12H15ClN6O3. The molecule has 0 aliphatic heterocycles. The molecule has 0 bridgehead atoms. The maximum Gasteiger partial charge on any atom is 0.309 e. The summed E-state index contributed by atoms with van der Waals surface area (Å²) in [6.45, 7) is 4.20. The first kappa shape index (κ1) is 16.0. The molecule has 0 aliphatic rings. The first-order valence-corrected chi connectivity index (χ1v) is 6.95. The number of nitrogens with zero attached hydrogens (tertiary/aromatic N) is 5. The summed E-state index contributed by atoms with van der Waals surface area (Å²) in [5.74, 6) is -0.322. The summed E-state index contributed by atoms with van der Waals surface area (Å²) < 4.78 is 2.92. The van der Waals surface area contributed by atoms with Gasteiger partial charge in [-0.1, -0.05) is 11.6 Å². The SMILES string of the molecule is CCn1ncc(Cl)c1CNC(=O)Cn1cc([N+](=O)[O-])c(C)n1. The van der Waals surface area contributed by atoms with Crippen molar-refractivity contribution in [3.8, 4) is 0 Å². The van der Waals surface area contributed by atoms with Crippen LogP contribution in [0.25, 0.3) is 0 Å². The van der Waals surface area contributed by atoms with Gasteiger partial charge in [-0.05, 0) is 13.8 Å². The molecule has 2 rings (SSSR count). The number of rotatable bonds is 6. The Bertz CT molecular complexity index is 708. The maximum atomic E-state index is 11.9. The number of carbonyl (C=O) groups is 1. The topological polar surface area (TPSA) is 108 Å². The Morgan fingerprint density at radius 3 is 2.86 bits per heavy atom. The molecule has 2 heterocycles. The van der Waals surface area contributed by atoms with Gasteiger partial charge in [-0.2, -0.15) is 10.2 Å². The largest absolute Gasteiger partial charge is 0.349 e. The van der Waals surface area contributed by atoms with Crippen LogP contribution in [0.4, 0.5) is 5.69 Å². The van der Waals surface area contributed by atoms with Crippen LogP contribution in [0.5, 0.6) is 0 Å². The fourth-order valence-corrected chi connectivity index (χ4v) is 2.20. The van der Waals surface area contributed by atoms with Crippen LogP contribution < -0.4 is 5.32 Å². The lowest BCUT2D eigenvalue weighted by molar-refractivity contribution is -0.385. The second-order valence-electron chi connectivity index (χ2n) is 4.59. The number of halogens is 1. The van der Waals surface area contributed by atoms with E-state index in [4.69, 9.17) is 11.6 Å². The quantitative estimate of drug-likeness (QED) is 0.635.